The van der Waals surface area contributed by atoms with E-state index in [1.807, 2.05) is 18.7 Å². The minimum absolute atomic E-state index is 0.0116. The summed E-state index contributed by atoms with van der Waals surface area (Å²) >= 11 is 0. The van der Waals surface area contributed by atoms with E-state index in [1.165, 1.54) is 7.05 Å². The lowest BCUT2D eigenvalue weighted by Gasteiger charge is -2.41. The standard InChI is InChI=1S/C26H33N5O4S/c1-17-16-30(12-13-31(17)23(32)11-14-35-4)26-22(15-27)18(2)24(25(29-26)20-5-6-20)19-7-9-21(10-8-19)36(33,34)28-3/h7-10,17,20,28H,5-6,11-14,16H2,1-4H3. The molecule has 1 aromatic heterocycles. The van der Waals surface area contributed by atoms with Crippen molar-refractivity contribution in [3.8, 4) is 17.2 Å². The average Bonchev–Trinajstić information content (AvgIpc) is 3.72. The molecule has 2 aromatic rings. The molecular weight excluding hydrogens is 478 g/mol. The summed E-state index contributed by atoms with van der Waals surface area (Å²) in [5.74, 6) is 1.07. The lowest BCUT2D eigenvalue weighted by Crippen LogP contribution is -2.54. The molecule has 1 aliphatic heterocycles. The van der Waals surface area contributed by atoms with Gasteiger partial charge in [-0.15, -0.1) is 0 Å². The second-order valence-electron chi connectivity index (χ2n) is 9.44. The largest absolute Gasteiger partial charge is 0.384 e. The van der Waals surface area contributed by atoms with Crippen LogP contribution in [0.1, 0.15) is 48.9 Å². The van der Waals surface area contributed by atoms with Gasteiger partial charge in [0.1, 0.15) is 11.9 Å². The predicted octanol–water partition coefficient (Wildman–Crippen LogP) is 2.79. The maximum Gasteiger partial charge on any atom is 0.240 e. The zero-order chi connectivity index (χ0) is 26.0. The minimum atomic E-state index is -3.54. The molecule has 4 rings (SSSR count). The predicted molar refractivity (Wildman–Crippen MR) is 137 cm³/mol. The Hall–Kier alpha value is -3.00. The van der Waals surface area contributed by atoms with E-state index in [0.29, 0.717) is 50.0 Å². The third-order valence-electron chi connectivity index (χ3n) is 7.02. The van der Waals surface area contributed by atoms with Crippen molar-refractivity contribution in [2.45, 2.75) is 50.0 Å². The number of nitriles is 1. The van der Waals surface area contributed by atoms with Crippen LogP contribution in [-0.4, -0.2) is 70.6 Å². The molecule has 1 atom stereocenters. The van der Waals surface area contributed by atoms with E-state index in [1.54, 1.807) is 31.4 Å². The van der Waals surface area contributed by atoms with E-state index in [0.717, 1.165) is 35.2 Å². The maximum absolute atomic E-state index is 12.6. The fraction of sp³-hybridized carbons (Fsp3) is 0.500. The Balaban J connectivity index is 1.69. The quantitative estimate of drug-likeness (QED) is 0.579. The number of carbonyl (C=O) groups is 1. The second kappa shape index (κ2) is 10.5. The highest BCUT2D eigenvalue weighted by Gasteiger charge is 2.34. The third-order valence-corrected chi connectivity index (χ3v) is 8.45. The Labute approximate surface area is 213 Å². The number of nitrogens with one attached hydrogen (secondary N) is 1. The number of ether oxygens (including phenoxy) is 1. The number of hydrogen-bond donors (Lipinski definition) is 1. The van der Waals surface area contributed by atoms with Crippen molar-refractivity contribution in [3.63, 3.8) is 0 Å². The molecule has 1 N–H and O–H groups in total. The molecule has 1 aromatic carbocycles. The Morgan fingerprint density at radius 2 is 1.94 bits per heavy atom. The lowest BCUT2D eigenvalue weighted by atomic mass is 9.93. The summed E-state index contributed by atoms with van der Waals surface area (Å²) in [5.41, 5.74) is 4.08. The van der Waals surface area contributed by atoms with Crippen LogP contribution in [0.4, 0.5) is 5.82 Å². The van der Waals surface area contributed by atoms with Gasteiger partial charge in [-0.05, 0) is 57.0 Å². The van der Waals surface area contributed by atoms with Gasteiger partial charge >= 0.3 is 0 Å². The van der Waals surface area contributed by atoms with Gasteiger partial charge in [-0.2, -0.15) is 5.26 Å². The molecule has 9 nitrogen and oxygen atoms in total. The summed E-state index contributed by atoms with van der Waals surface area (Å²) in [5, 5.41) is 10.1. The number of nitrogens with zero attached hydrogens (tertiary/aromatic N) is 4. The summed E-state index contributed by atoms with van der Waals surface area (Å²) < 4.78 is 31.7. The Bertz CT molecular complexity index is 1280. The van der Waals surface area contributed by atoms with Crippen molar-refractivity contribution >= 4 is 21.7 Å². The van der Waals surface area contributed by atoms with Crippen LogP contribution in [0.25, 0.3) is 11.1 Å². The van der Waals surface area contributed by atoms with Crippen LogP contribution in [0.15, 0.2) is 29.2 Å². The summed E-state index contributed by atoms with van der Waals surface area (Å²) in [6.45, 7) is 6.13. The third kappa shape index (κ3) is 5.09. The van der Waals surface area contributed by atoms with E-state index < -0.39 is 10.0 Å². The number of rotatable bonds is 8. The van der Waals surface area contributed by atoms with Gasteiger partial charge in [0.25, 0.3) is 0 Å². The van der Waals surface area contributed by atoms with Crippen molar-refractivity contribution in [1.82, 2.24) is 14.6 Å². The highest BCUT2D eigenvalue weighted by atomic mass is 32.2. The van der Waals surface area contributed by atoms with Crippen molar-refractivity contribution in [2.75, 3.05) is 45.3 Å². The molecule has 2 heterocycles. The molecule has 1 aliphatic carbocycles. The summed E-state index contributed by atoms with van der Waals surface area (Å²) in [4.78, 5) is 21.8. The highest BCUT2D eigenvalue weighted by molar-refractivity contribution is 7.89. The van der Waals surface area contributed by atoms with Gasteiger partial charge in [-0.25, -0.2) is 18.1 Å². The van der Waals surface area contributed by atoms with Gasteiger partial charge in [0.05, 0.1) is 29.2 Å². The fourth-order valence-electron chi connectivity index (χ4n) is 4.86. The fourth-order valence-corrected chi connectivity index (χ4v) is 5.59. The smallest absolute Gasteiger partial charge is 0.240 e. The topological polar surface area (TPSA) is 116 Å². The van der Waals surface area contributed by atoms with Crippen molar-refractivity contribution in [3.05, 3.63) is 41.1 Å². The number of pyridine rings is 1. The van der Waals surface area contributed by atoms with E-state index in [9.17, 15) is 18.5 Å². The first-order chi connectivity index (χ1) is 17.2. The molecule has 0 bridgehead atoms. The molecule has 2 aliphatic rings. The number of hydrogen-bond acceptors (Lipinski definition) is 7. The van der Waals surface area contributed by atoms with E-state index in [2.05, 4.69) is 15.7 Å². The molecule has 2 fully saturated rings. The molecule has 1 amide bonds. The van der Waals surface area contributed by atoms with Crippen LogP contribution in [-0.2, 0) is 19.6 Å². The molecule has 36 heavy (non-hydrogen) atoms. The summed E-state index contributed by atoms with van der Waals surface area (Å²) in [6, 6.07) is 9.10. The number of methoxy groups -OCH3 is 1. The number of benzene rings is 1. The van der Waals surface area contributed by atoms with Gasteiger partial charge in [0.15, 0.2) is 0 Å². The van der Waals surface area contributed by atoms with Gasteiger partial charge in [0.2, 0.25) is 15.9 Å². The van der Waals surface area contributed by atoms with Crippen LogP contribution >= 0.6 is 0 Å². The first kappa shape index (κ1) is 26.1. The first-order valence-electron chi connectivity index (χ1n) is 12.2. The monoisotopic (exact) mass is 511 g/mol. The molecule has 10 heteroatoms. The summed E-state index contributed by atoms with van der Waals surface area (Å²) in [7, 11) is -0.562. The number of amides is 1. The van der Waals surface area contributed by atoms with Gasteiger partial charge in [-0.3, -0.25) is 4.79 Å². The number of aromatic nitrogens is 1. The number of carbonyl (C=O) groups excluding carboxylic acids is 1. The minimum Gasteiger partial charge on any atom is -0.384 e. The average molecular weight is 512 g/mol. The molecule has 0 radical (unpaired) electrons. The molecule has 192 valence electrons. The van der Waals surface area contributed by atoms with Crippen molar-refractivity contribution in [1.29, 1.82) is 5.26 Å². The molecule has 0 spiro atoms. The zero-order valence-corrected chi connectivity index (χ0v) is 22.1. The molecule has 1 saturated carbocycles. The zero-order valence-electron chi connectivity index (χ0n) is 21.2. The van der Waals surface area contributed by atoms with Gasteiger partial charge in [0, 0.05) is 44.3 Å². The molecular formula is C26H33N5O4S. The molecule has 1 saturated heterocycles. The first-order valence-corrected chi connectivity index (χ1v) is 13.7. The summed E-state index contributed by atoms with van der Waals surface area (Å²) in [6.07, 6.45) is 2.43. The number of anilines is 1. The van der Waals surface area contributed by atoms with E-state index in [4.69, 9.17) is 9.72 Å². The number of piperazine rings is 1. The Morgan fingerprint density at radius 3 is 2.50 bits per heavy atom. The van der Waals surface area contributed by atoms with Crippen LogP contribution < -0.4 is 9.62 Å². The normalized spacial score (nSPS) is 18.2. The van der Waals surface area contributed by atoms with Gasteiger partial charge in [-0.1, -0.05) is 12.1 Å². The highest BCUT2D eigenvalue weighted by Crippen LogP contribution is 2.46. The van der Waals surface area contributed by atoms with Crippen LogP contribution in [0.3, 0.4) is 0 Å². The number of sulfonamides is 1. The van der Waals surface area contributed by atoms with Crippen molar-refractivity contribution in [2.24, 2.45) is 0 Å². The van der Waals surface area contributed by atoms with Crippen molar-refractivity contribution < 1.29 is 17.9 Å². The SMILES string of the molecule is CNS(=O)(=O)c1ccc(-c2c(C3CC3)nc(N3CCN(C(=O)CCOC)C(C)C3)c(C#N)c2C)cc1. The molecule has 1 unspecified atom stereocenters. The Morgan fingerprint density at radius 1 is 1.25 bits per heavy atom. The second-order valence-corrected chi connectivity index (χ2v) is 11.3. The lowest BCUT2D eigenvalue weighted by molar-refractivity contribution is -0.134. The van der Waals surface area contributed by atoms with E-state index >= 15 is 0 Å². The van der Waals surface area contributed by atoms with E-state index in [-0.39, 0.29) is 16.8 Å². The maximum atomic E-state index is 12.6. The van der Waals surface area contributed by atoms with Gasteiger partial charge < -0.3 is 14.5 Å². The van der Waals surface area contributed by atoms with Crippen LogP contribution in [0, 0.1) is 18.3 Å². The van der Waals surface area contributed by atoms with Crippen LogP contribution in [0.2, 0.25) is 0 Å². The van der Waals surface area contributed by atoms with Crippen LogP contribution in [0.5, 0.6) is 0 Å². The Kier molecular flexibility index (Phi) is 7.64.